The number of rotatable bonds is 3. The molecule has 0 bridgehead atoms. The molecule has 0 aliphatic heterocycles. The van der Waals surface area contributed by atoms with Crippen LogP contribution in [0.2, 0.25) is 0 Å². The molecule has 0 fully saturated rings. The molecule has 0 saturated heterocycles. The zero-order valence-corrected chi connectivity index (χ0v) is 13.2. The monoisotopic (exact) mass is 320 g/mol. The van der Waals surface area contributed by atoms with Crippen LogP contribution in [0.1, 0.15) is 42.6 Å². The minimum Gasteiger partial charge on any atom is -0.319 e. The third-order valence-corrected chi connectivity index (χ3v) is 3.66. The fraction of sp³-hybridized carbons (Fsp3) is 0.250. The van der Waals surface area contributed by atoms with Crippen molar-refractivity contribution in [2.75, 3.05) is 0 Å². The highest BCUT2D eigenvalue weighted by molar-refractivity contribution is 5.85. The summed E-state index contributed by atoms with van der Waals surface area (Å²) in [5.74, 6) is -0.343. The number of H-pyrrole nitrogens is 1. The number of aromatic amines is 1. The maximum Gasteiger partial charge on any atom is 0.216 e. The summed E-state index contributed by atoms with van der Waals surface area (Å²) in [7, 11) is 0. The quantitative estimate of drug-likeness (QED) is 0.723. The molecule has 6 heteroatoms. The number of benzene rings is 1. The normalized spacial score (nSPS) is 12.4. The Labute approximate surface area is 134 Å². The highest BCUT2D eigenvalue weighted by Gasteiger charge is 2.15. The molecule has 0 amide bonds. The fourth-order valence-corrected chi connectivity index (χ4v) is 2.38. The average Bonchev–Trinajstić information content (AvgIpc) is 2.93. The Morgan fingerprint density at radius 3 is 2.64 bits per heavy atom. The SMILES string of the molecule is CC(C)c1ccc(C(N)c2ccc3cn[nH]c3c2)nc1F.Cl. The lowest BCUT2D eigenvalue weighted by molar-refractivity contribution is 0.546. The molecule has 2 heterocycles. The van der Waals surface area contributed by atoms with Crippen molar-refractivity contribution in [1.29, 1.82) is 0 Å². The fourth-order valence-electron chi connectivity index (χ4n) is 2.38. The van der Waals surface area contributed by atoms with Crippen LogP contribution in [0.5, 0.6) is 0 Å². The molecule has 0 spiro atoms. The first-order chi connectivity index (χ1) is 10.1. The van der Waals surface area contributed by atoms with Crippen LogP contribution >= 0.6 is 12.4 Å². The van der Waals surface area contributed by atoms with Crippen molar-refractivity contribution in [2.45, 2.75) is 25.8 Å². The molecular formula is C16H18ClFN4. The molecule has 0 saturated carbocycles. The van der Waals surface area contributed by atoms with E-state index in [4.69, 9.17) is 5.73 Å². The molecule has 4 nitrogen and oxygen atoms in total. The van der Waals surface area contributed by atoms with Crippen LogP contribution < -0.4 is 5.73 Å². The minimum atomic E-state index is -0.464. The van der Waals surface area contributed by atoms with Gasteiger partial charge >= 0.3 is 0 Å². The van der Waals surface area contributed by atoms with Crippen molar-refractivity contribution in [3.05, 3.63) is 59.3 Å². The van der Waals surface area contributed by atoms with E-state index in [1.807, 2.05) is 32.0 Å². The van der Waals surface area contributed by atoms with Gasteiger partial charge in [0.2, 0.25) is 5.95 Å². The predicted octanol–water partition coefficient (Wildman–Crippen LogP) is 3.69. The largest absolute Gasteiger partial charge is 0.319 e. The van der Waals surface area contributed by atoms with Gasteiger partial charge in [-0.25, -0.2) is 4.98 Å². The number of nitrogens with two attached hydrogens (primary N) is 1. The lowest BCUT2D eigenvalue weighted by Gasteiger charge is -2.14. The van der Waals surface area contributed by atoms with Crippen LogP contribution in [-0.4, -0.2) is 15.2 Å². The van der Waals surface area contributed by atoms with E-state index in [-0.39, 0.29) is 18.3 Å². The standard InChI is InChI=1S/C16H17FN4.ClH/c1-9(2)12-5-6-13(20-16(12)17)15(18)10-3-4-11-8-19-21-14(11)7-10;/h3-9,15H,18H2,1-2H3,(H,19,21);1H. The Hall–Kier alpha value is -1.98. The molecule has 1 unspecified atom stereocenters. The van der Waals surface area contributed by atoms with Crippen molar-refractivity contribution in [3.63, 3.8) is 0 Å². The second kappa shape index (κ2) is 6.42. The first-order valence-electron chi connectivity index (χ1n) is 6.91. The zero-order chi connectivity index (χ0) is 15.0. The van der Waals surface area contributed by atoms with Crippen molar-refractivity contribution in [3.8, 4) is 0 Å². The van der Waals surface area contributed by atoms with Gasteiger partial charge in [0.1, 0.15) is 0 Å². The summed E-state index contributed by atoms with van der Waals surface area (Å²) >= 11 is 0. The van der Waals surface area contributed by atoms with Gasteiger partial charge in [0, 0.05) is 10.9 Å². The van der Waals surface area contributed by atoms with Crippen molar-refractivity contribution in [2.24, 2.45) is 5.73 Å². The lowest BCUT2D eigenvalue weighted by Crippen LogP contribution is -2.15. The van der Waals surface area contributed by atoms with Crippen molar-refractivity contribution < 1.29 is 4.39 Å². The van der Waals surface area contributed by atoms with E-state index in [9.17, 15) is 4.39 Å². The van der Waals surface area contributed by atoms with Crippen LogP contribution in [0.3, 0.4) is 0 Å². The summed E-state index contributed by atoms with van der Waals surface area (Å²) in [4.78, 5) is 4.02. The number of nitrogens with one attached hydrogen (secondary N) is 1. The molecule has 0 aliphatic carbocycles. The van der Waals surface area contributed by atoms with Gasteiger partial charge in [0.05, 0.1) is 23.4 Å². The summed E-state index contributed by atoms with van der Waals surface area (Å²) in [6.07, 6.45) is 1.75. The van der Waals surface area contributed by atoms with Crippen LogP contribution in [0.15, 0.2) is 36.5 Å². The van der Waals surface area contributed by atoms with E-state index >= 15 is 0 Å². The summed E-state index contributed by atoms with van der Waals surface area (Å²) in [6, 6.07) is 8.86. The maximum absolute atomic E-state index is 14.0. The Bertz CT molecular complexity index is 785. The van der Waals surface area contributed by atoms with Crippen molar-refractivity contribution in [1.82, 2.24) is 15.2 Å². The van der Waals surface area contributed by atoms with Crippen molar-refractivity contribution >= 4 is 23.3 Å². The Balaban J connectivity index is 0.00000176. The molecular weight excluding hydrogens is 303 g/mol. The third kappa shape index (κ3) is 2.96. The number of fused-ring (bicyclic) bond motifs is 1. The van der Waals surface area contributed by atoms with Crippen LogP contribution in [0.4, 0.5) is 4.39 Å². The molecule has 1 aromatic carbocycles. The topological polar surface area (TPSA) is 67.6 Å². The molecule has 3 rings (SSSR count). The number of nitrogens with zero attached hydrogens (tertiary/aromatic N) is 2. The lowest BCUT2D eigenvalue weighted by atomic mass is 10.0. The van der Waals surface area contributed by atoms with Gasteiger partial charge in [-0.3, -0.25) is 5.10 Å². The van der Waals surface area contributed by atoms with Gasteiger partial charge in [-0.05, 0) is 23.6 Å². The van der Waals surface area contributed by atoms with Crippen LogP contribution in [-0.2, 0) is 0 Å². The molecule has 22 heavy (non-hydrogen) atoms. The second-order valence-corrected chi connectivity index (χ2v) is 5.47. The summed E-state index contributed by atoms with van der Waals surface area (Å²) in [5, 5.41) is 7.89. The molecule has 3 N–H and O–H groups in total. The van der Waals surface area contributed by atoms with Gasteiger partial charge in [-0.1, -0.05) is 32.0 Å². The third-order valence-electron chi connectivity index (χ3n) is 3.66. The minimum absolute atomic E-state index is 0. The zero-order valence-electron chi connectivity index (χ0n) is 12.4. The summed E-state index contributed by atoms with van der Waals surface area (Å²) in [6.45, 7) is 3.87. The number of aromatic nitrogens is 3. The molecule has 116 valence electrons. The number of hydrogen-bond acceptors (Lipinski definition) is 3. The smallest absolute Gasteiger partial charge is 0.216 e. The Morgan fingerprint density at radius 2 is 1.95 bits per heavy atom. The van der Waals surface area contributed by atoms with E-state index in [1.54, 1.807) is 18.3 Å². The Morgan fingerprint density at radius 1 is 1.18 bits per heavy atom. The number of hydrogen-bond donors (Lipinski definition) is 2. The molecule has 2 aromatic heterocycles. The van der Waals surface area contributed by atoms with Crippen LogP contribution in [0.25, 0.3) is 10.9 Å². The van der Waals surface area contributed by atoms with Gasteiger partial charge in [-0.2, -0.15) is 9.49 Å². The van der Waals surface area contributed by atoms with E-state index in [1.165, 1.54) is 0 Å². The van der Waals surface area contributed by atoms with Gasteiger partial charge in [0.15, 0.2) is 0 Å². The predicted molar refractivity (Wildman–Crippen MR) is 87.7 cm³/mol. The molecule has 1 atom stereocenters. The van der Waals surface area contributed by atoms with E-state index < -0.39 is 12.0 Å². The maximum atomic E-state index is 14.0. The molecule has 3 aromatic rings. The second-order valence-electron chi connectivity index (χ2n) is 5.47. The molecule has 0 radical (unpaired) electrons. The van der Waals surface area contributed by atoms with E-state index in [0.717, 1.165) is 16.5 Å². The first kappa shape index (κ1) is 16.4. The van der Waals surface area contributed by atoms with Gasteiger partial charge in [0.25, 0.3) is 0 Å². The number of pyridine rings is 1. The highest BCUT2D eigenvalue weighted by atomic mass is 35.5. The van der Waals surface area contributed by atoms with Gasteiger partial charge < -0.3 is 5.73 Å². The number of halogens is 2. The van der Waals surface area contributed by atoms with E-state index in [0.29, 0.717) is 11.3 Å². The summed E-state index contributed by atoms with van der Waals surface area (Å²) in [5.41, 5.74) is 9.11. The van der Waals surface area contributed by atoms with Gasteiger partial charge in [-0.15, -0.1) is 12.4 Å². The first-order valence-corrected chi connectivity index (χ1v) is 6.91. The van der Waals surface area contributed by atoms with E-state index in [2.05, 4.69) is 15.2 Å². The average molecular weight is 321 g/mol. The highest BCUT2D eigenvalue weighted by Crippen LogP contribution is 2.24. The Kier molecular flexibility index (Phi) is 4.78. The molecule has 0 aliphatic rings. The van der Waals surface area contributed by atoms with Crippen LogP contribution in [0, 0.1) is 5.95 Å². The summed E-state index contributed by atoms with van der Waals surface area (Å²) < 4.78 is 14.0.